The second kappa shape index (κ2) is 6.29. The Labute approximate surface area is 126 Å². The first-order chi connectivity index (χ1) is 10.3. The maximum absolute atomic E-state index is 5.42. The number of fused-ring (bicyclic) bond motifs is 1. The van der Waals surface area contributed by atoms with E-state index in [9.17, 15) is 0 Å². The van der Waals surface area contributed by atoms with Crippen molar-refractivity contribution in [1.29, 1.82) is 0 Å². The third kappa shape index (κ3) is 3.26. The molecule has 0 radical (unpaired) electrons. The number of benzene rings is 2. The molecule has 0 saturated carbocycles. The summed E-state index contributed by atoms with van der Waals surface area (Å²) in [4.78, 5) is 2.32. The fourth-order valence-electron chi connectivity index (χ4n) is 2.94. The maximum Gasteiger partial charge on any atom is 0.123 e. The van der Waals surface area contributed by atoms with Crippen molar-refractivity contribution in [3.8, 4) is 5.75 Å². The molecule has 3 rings (SSSR count). The van der Waals surface area contributed by atoms with Gasteiger partial charge in [0.2, 0.25) is 0 Å². The van der Waals surface area contributed by atoms with E-state index in [1.54, 1.807) is 7.11 Å². The quantitative estimate of drug-likeness (QED) is 0.912. The summed E-state index contributed by atoms with van der Waals surface area (Å²) in [6, 6.07) is 15.0. The third-order valence-corrected chi connectivity index (χ3v) is 3.99. The molecule has 0 amide bonds. The Morgan fingerprint density at radius 3 is 2.71 bits per heavy atom. The Hall–Kier alpha value is -1.84. The number of nitrogens with zero attached hydrogens (tertiary/aromatic N) is 1. The van der Waals surface area contributed by atoms with E-state index in [1.807, 2.05) is 12.1 Å². The number of ether oxygens (including phenoxy) is 1. The molecular formula is C18H22N2O. The fourth-order valence-corrected chi connectivity index (χ4v) is 2.94. The van der Waals surface area contributed by atoms with E-state index in [4.69, 9.17) is 4.74 Å². The van der Waals surface area contributed by atoms with Crippen molar-refractivity contribution >= 4 is 0 Å². The lowest BCUT2D eigenvalue weighted by Gasteiger charge is -2.19. The summed E-state index contributed by atoms with van der Waals surface area (Å²) >= 11 is 0. The van der Waals surface area contributed by atoms with Gasteiger partial charge in [0, 0.05) is 31.7 Å². The molecule has 0 unspecified atom stereocenters. The van der Waals surface area contributed by atoms with Crippen LogP contribution in [-0.4, -0.2) is 19.1 Å². The number of methoxy groups -OCH3 is 1. The monoisotopic (exact) mass is 282 g/mol. The molecule has 2 aromatic carbocycles. The third-order valence-electron chi connectivity index (χ3n) is 3.99. The summed E-state index contributed by atoms with van der Waals surface area (Å²) in [5.74, 6) is 0.961. The molecule has 3 nitrogen and oxygen atoms in total. The number of rotatable bonds is 5. The molecule has 21 heavy (non-hydrogen) atoms. The van der Waals surface area contributed by atoms with Crippen LogP contribution >= 0.6 is 0 Å². The standard InChI is InChI=1S/C18H22N2O/c1-20(13-16-5-3-4-6-18(16)21-2)12-14-7-8-15-10-19-11-17(15)9-14/h3-9,19H,10-13H2,1-2H3. The summed E-state index contributed by atoms with van der Waals surface area (Å²) in [5.41, 5.74) is 5.48. The highest BCUT2D eigenvalue weighted by atomic mass is 16.5. The van der Waals surface area contributed by atoms with Gasteiger partial charge in [-0.1, -0.05) is 36.4 Å². The Kier molecular flexibility index (Phi) is 4.23. The van der Waals surface area contributed by atoms with Crippen LogP contribution in [0.3, 0.4) is 0 Å². The molecule has 0 bridgehead atoms. The van der Waals surface area contributed by atoms with E-state index in [-0.39, 0.29) is 0 Å². The van der Waals surface area contributed by atoms with Crippen molar-refractivity contribution in [2.24, 2.45) is 0 Å². The summed E-state index contributed by atoms with van der Waals surface area (Å²) in [6.45, 7) is 3.84. The van der Waals surface area contributed by atoms with E-state index in [2.05, 4.69) is 47.6 Å². The van der Waals surface area contributed by atoms with Gasteiger partial charge in [0.1, 0.15) is 5.75 Å². The molecule has 0 spiro atoms. The van der Waals surface area contributed by atoms with Crippen molar-refractivity contribution in [3.63, 3.8) is 0 Å². The SMILES string of the molecule is COc1ccccc1CN(C)Cc1ccc2c(c1)CNC2. The van der Waals surface area contributed by atoms with Crippen molar-refractivity contribution in [3.05, 3.63) is 64.7 Å². The molecule has 0 aromatic heterocycles. The summed E-state index contributed by atoms with van der Waals surface area (Å²) in [5, 5.41) is 3.39. The molecule has 0 fully saturated rings. The van der Waals surface area contributed by atoms with E-state index in [0.29, 0.717) is 0 Å². The van der Waals surface area contributed by atoms with Crippen LogP contribution in [0.15, 0.2) is 42.5 Å². The minimum Gasteiger partial charge on any atom is -0.496 e. The number of hydrogen-bond acceptors (Lipinski definition) is 3. The maximum atomic E-state index is 5.42. The fraction of sp³-hybridized carbons (Fsp3) is 0.333. The second-order valence-corrected chi connectivity index (χ2v) is 5.69. The van der Waals surface area contributed by atoms with Crippen LogP contribution in [0.1, 0.15) is 22.3 Å². The zero-order chi connectivity index (χ0) is 14.7. The zero-order valence-corrected chi connectivity index (χ0v) is 12.7. The van der Waals surface area contributed by atoms with E-state index < -0.39 is 0 Å². The highest BCUT2D eigenvalue weighted by Crippen LogP contribution is 2.21. The molecule has 110 valence electrons. The van der Waals surface area contributed by atoms with Crippen LogP contribution in [0.4, 0.5) is 0 Å². The first-order valence-electron chi connectivity index (χ1n) is 7.38. The van der Waals surface area contributed by atoms with Crippen LogP contribution in [0.25, 0.3) is 0 Å². The molecule has 3 heteroatoms. The van der Waals surface area contributed by atoms with Gasteiger partial charge < -0.3 is 10.1 Å². The molecule has 2 aromatic rings. The molecule has 1 N–H and O–H groups in total. The predicted octanol–water partition coefficient (Wildman–Crippen LogP) is 2.93. The lowest BCUT2D eigenvalue weighted by Crippen LogP contribution is -2.17. The Morgan fingerprint density at radius 2 is 1.86 bits per heavy atom. The molecule has 1 aliphatic rings. The van der Waals surface area contributed by atoms with Gasteiger partial charge in [0.25, 0.3) is 0 Å². The molecule has 0 aliphatic carbocycles. The van der Waals surface area contributed by atoms with Crippen molar-refractivity contribution in [1.82, 2.24) is 10.2 Å². The largest absolute Gasteiger partial charge is 0.496 e. The average Bonchev–Trinajstić information content (AvgIpc) is 2.95. The average molecular weight is 282 g/mol. The Bertz CT molecular complexity index is 624. The molecular weight excluding hydrogens is 260 g/mol. The topological polar surface area (TPSA) is 24.5 Å². The molecule has 1 aliphatic heterocycles. The second-order valence-electron chi connectivity index (χ2n) is 5.69. The van der Waals surface area contributed by atoms with Gasteiger partial charge in [-0.2, -0.15) is 0 Å². The number of para-hydroxylation sites is 1. The lowest BCUT2D eigenvalue weighted by molar-refractivity contribution is 0.310. The summed E-state index contributed by atoms with van der Waals surface area (Å²) in [7, 11) is 3.88. The summed E-state index contributed by atoms with van der Waals surface area (Å²) < 4.78 is 5.42. The van der Waals surface area contributed by atoms with E-state index in [0.717, 1.165) is 31.9 Å². The van der Waals surface area contributed by atoms with Crippen molar-refractivity contribution in [2.75, 3.05) is 14.2 Å². The van der Waals surface area contributed by atoms with Gasteiger partial charge in [-0.3, -0.25) is 4.90 Å². The van der Waals surface area contributed by atoms with Gasteiger partial charge in [0.15, 0.2) is 0 Å². The van der Waals surface area contributed by atoms with Crippen LogP contribution in [0, 0.1) is 0 Å². The van der Waals surface area contributed by atoms with Gasteiger partial charge in [0.05, 0.1) is 7.11 Å². The van der Waals surface area contributed by atoms with Gasteiger partial charge >= 0.3 is 0 Å². The van der Waals surface area contributed by atoms with Crippen molar-refractivity contribution in [2.45, 2.75) is 26.2 Å². The first kappa shape index (κ1) is 14.1. The first-order valence-corrected chi connectivity index (χ1v) is 7.38. The summed E-state index contributed by atoms with van der Waals surface area (Å²) in [6.07, 6.45) is 0. The highest BCUT2D eigenvalue weighted by Gasteiger charge is 2.11. The number of nitrogens with one attached hydrogen (secondary N) is 1. The highest BCUT2D eigenvalue weighted by molar-refractivity contribution is 5.35. The van der Waals surface area contributed by atoms with Crippen molar-refractivity contribution < 1.29 is 4.74 Å². The van der Waals surface area contributed by atoms with Gasteiger partial charge in [-0.05, 0) is 29.8 Å². The van der Waals surface area contributed by atoms with Crippen LogP contribution in [0.2, 0.25) is 0 Å². The molecule has 0 atom stereocenters. The molecule has 1 heterocycles. The van der Waals surface area contributed by atoms with Crippen LogP contribution in [-0.2, 0) is 26.2 Å². The zero-order valence-electron chi connectivity index (χ0n) is 12.7. The normalized spacial score (nSPS) is 13.5. The van der Waals surface area contributed by atoms with Gasteiger partial charge in [-0.15, -0.1) is 0 Å². The lowest BCUT2D eigenvalue weighted by atomic mass is 10.1. The minimum atomic E-state index is 0.888. The minimum absolute atomic E-state index is 0.888. The van der Waals surface area contributed by atoms with Gasteiger partial charge in [-0.25, -0.2) is 0 Å². The van der Waals surface area contributed by atoms with E-state index >= 15 is 0 Å². The van der Waals surface area contributed by atoms with Crippen LogP contribution in [0.5, 0.6) is 5.75 Å². The Morgan fingerprint density at radius 1 is 1.05 bits per heavy atom. The Balaban J connectivity index is 1.67. The van der Waals surface area contributed by atoms with E-state index in [1.165, 1.54) is 22.3 Å². The number of hydrogen-bond donors (Lipinski definition) is 1. The predicted molar refractivity (Wildman–Crippen MR) is 85.2 cm³/mol. The smallest absolute Gasteiger partial charge is 0.123 e. The molecule has 0 saturated heterocycles. The van der Waals surface area contributed by atoms with Crippen LogP contribution < -0.4 is 10.1 Å².